The van der Waals surface area contributed by atoms with Crippen molar-refractivity contribution in [3.05, 3.63) is 133 Å². The first-order valence-electron chi connectivity index (χ1n) is 14.0. The van der Waals surface area contributed by atoms with Gasteiger partial charge in [-0.15, -0.1) is 0 Å². The van der Waals surface area contributed by atoms with Crippen molar-refractivity contribution in [3.63, 3.8) is 0 Å². The molecule has 4 aromatic carbocycles. The first-order valence-corrected chi connectivity index (χ1v) is 14.0. The van der Waals surface area contributed by atoms with Gasteiger partial charge in [-0.05, 0) is 27.7 Å². The van der Waals surface area contributed by atoms with Crippen LogP contribution in [0.1, 0.15) is 27.7 Å². The lowest BCUT2D eigenvalue weighted by molar-refractivity contribution is -0.938. The number of hydrogen-bond donors (Lipinski definition) is 0. The van der Waals surface area contributed by atoms with Gasteiger partial charge in [-0.25, -0.2) is 4.79 Å². The van der Waals surface area contributed by atoms with Crippen LogP contribution in [-0.4, -0.2) is 43.0 Å². The maximum atomic E-state index is 11.2. The summed E-state index contributed by atoms with van der Waals surface area (Å²) in [5.41, 5.74) is 5.82. The first-order chi connectivity index (χ1) is 18.9. The van der Waals surface area contributed by atoms with Crippen molar-refractivity contribution >= 4 is 34.0 Å². The number of hydrogen-bond acceptors (Lipinski definition) is 2. The van der Waals surface area contributed by atoms with E-state index in [9.17, 15) is 4.79 Å². The molecule has 4 rings (SSSR count). The largest absolute Gasteiger partial charge is 0.412 e. The fourth-order valence-corrected chi connectivity index (χ4v) is 5.38. The summed E-state index contributed by atoms with van der Waals surface area (Å²) in [5.74, 6) is -0.289. The maximum absolute atomic E-state index is 11.2. The third-order valence-corrected chi connectivity index (χ3v) is 8.03. The summed E-state index contributed by atoms with van der Waals surface area (Å²) in [7, 11) is 0. The Kier molecular flexibility index (Phi) is 10.9. The van der Waals surface area contributed by atoms with E-state index in [0.717, 1.165) is 24.1 Å². The molecule has 0 saturated heterocycles. The van der Waals surface area contributed by atoms with Crippen molar-refractivity contribution in [2.45, 2.75) is 27.7 Å². The summed E-state index contributed by atoms with van der Waals surface area (Å²) in [4.78, 5) is 11.2. The topological polar surface area (TPSA) is 26.3 Å². The van der Waals surface area contributed by atoms with Crippen LogP contribution in [0, 0.1) is 0 Å². The van der Waals surface area contributed by atoms with Crippen molar-refractivity contribution in [2.24, 2.45) is 0 Å². The number of benzene rings is 4. The molecule has 0 radical (unpaired) electrons. The lowest BCUT2D eigenvalue weighted by atomic mass is 9.13. The van der Waals surface area contributed by atoms with Crippen LogP contribution in [0.25, 0.3) is 0 Å². The normalized spacial score (nSPS) is 11.2. The fourth-order valence-electron chi connectivity index (χ4n) is 5.38. The predicted molar refractivity (Wildman–Crippen MR) is 168 cm³/mol. The number of carbonyl (C=O) groups excluding carboxylic acids is 1. The Morgan fingerprint density at radius 1 is 0.615 bits per heavy atom. The van der Waals surface area contributed by atoms with Crippen LogP contribution >= 0.6 is 0 Å². The van der Waals surface area contributed by atoms with E-state index >= 15 is 0 Å². The minimum Gasteiger partial charge on any atom is -0.412 e. The van der Waals surface area contributed by atoms with Crippen LogP contribution < -0.4 is 21.9 Å². The third kappa shape index (κ3) is 6.96. The molecule has 0 aliphatic carbocycles. The van der Waals surface area contributed by atoms with Crippen molar-refractivity contribution in [3.8, 4) is 0 Å². The van der Waals surface area contributed by atoms with E-state index in [-0.39, 0.29) is 5.97 Å². The molecule has 0 atom stereocenters. The van der Waals surface area contributed by atoms with Gasteiger partial charge in [-0.1, -0.05) is 128 Å². The summed E-state index contributed by atoms with van der Waals surface area (Å²) < 4.78 is 5.99. The smallest absolute Gasteiger partial charge is 0.337 e. The van der Waals surface area contributed by atoms with Crippen LogP contribution in [0.4, 0.5) is 0 Å². The average Bonchev–Trinajstić information content (AvgIpc) is 3.01. The SMILES string of the molecule is C=C(C)C(=O)OC[N+](CC)(CC)CC.c1ccc([B-](c2ccccc2)(c2ccccc2)c2ccccc2)cc1. The molecule has 39 heavy (non-hydrogen) atoms. The summed E-state index contributed by atoms with van der Waals surface area (Å²) in [6.45, 7) is 15.0. The molecular formula is C35H42BNO2. The van der Waals surface area contributed by atoms with Gasteiger partial charge in [-0.2, -0.15) is 21.9 Å². The van der Waals surface area contributed by atoms with Gasteiger partial charge in [0.1, 0.15) is 6.15 Å². The van der Waals surface area contributed by atoms with Crippen LogP contribution in [0.3, 0.4) is 0 Å². The molecular weight excluding hydrogens is 477 g/mol. The van der Waals surface area contributed by atoms with E-state index in [2.05, 4.69) is 149 Å². The zero-order valence-electron chi connectivity index (χ0n) is 23.9. The summed E-state index contributed by atoms with van der Waals surface area (Å²) in [6, 6.07) is 43.5. The summed E-state index contributed by atoms with van der Waals surface area (Å²) in [5, 5.41) is 0. The number of quaternary nitrogens is 1. The number of ether oxygens (including phenoxy) is 1. The number of carbonyl (C=O) groups is 1. The minimum absolute atomic E-state index is 0.289. The molecule has 0 aliphatic rings. The Balaban J connectivity index is 0.000000258. The highest BCUT2D eigenvalue weighted by molar-refractivity contribution is 7.19. The van der Waals surface area contributed by atoms with E-state index in [1.54, 1.807) is 6.92 Å². The third-order valence-electron chi connectivity index (χ3n) is 8.03. The molecule has 0 heterocycles. The van der Waals surface area contributed by atoms with Gasteiger partial charge >= 0.3 is 5.97 Å². The van der Waals surface area contributed by atoms with Gasteiger partial charge in [0.2, 0.25) is 6.73 Å². The Morgan fingerprint density at radius 3 is 1.13 bits per heavy atom. The predicted octanol–water partition coefficient (Wildman–Crippen LogP) is 5.00. The highest BCUT2D eigenvalue weighted by atomic mass is 16.5. The standard InChI is InChI=1S/C24H20B.C11H22NO2/c1-5-13-21(14-6-1)25(22-15-7-2-8-16-22,23-17-9-3-10-18-23)24-19-11-4-12-20-24;1-6-12(7-2,8-3)9-14-11(13)10(4)5/h1-20H;4,6-9H2,1-3,5H3/q-1;+1. The van der Waals surface area contributed by atoms with Crippen LogP contribution in [0.15, 0.2) is 133 Å². The molecule has 0 amide bonds. The second-order valence-corrected chi connectivity index (χ2v) is 10.1. The Morgan fingerprint density at radius 2 is 0.897 bits per heavy atom. The molecule has 4 heteroatoms. The molecule has 202 valence electrons. The van der Waals surface area contributed by atoms with Crippen molar-refractivity contribution in [1.82, 2.24) is 0 Å². The summed E-state index contributed by atoms with van der Waals surface area (Å²) in [6.07, 6.45) is -1.22. The van der Waals surface area contributed by atoms with Crippen LogP contribution in [-0.2, 0) is 9.53 Å². The Hall–Kier alpha value is -3.89. The Labute approximate surface area is 235 Å². The highest BCUT2D eigenvalue weighted by Gasteiger charge is 2.31. The zero-order valence-corrected chi connectivity index (χ0v) is 23.9. The lowest BCUT2D eigenvalue weighted by Gasteiger charge is -2.44. The molecule has 3 nitrogen and oxygen atoms in total. The molecule has 0 unspecified atom stereocenters. The maximum Gasteiger partial charge on any atom is 0.337 e. The van der Waals surface area contributed by atoms with Crippen LogP contribution in [0.5, 0.6) is 0 Å². The molecule has 4 aromatic rings. The van der Waals surface area contributed by atoms with Crippen molar-refractivity contribution in [1.29, 1.82) is 0 Å². The van der Waals surface area contributed by atoms with Crippen LogP contribution in [0.2, 0.25) is 0 Å². The molecule has 0 saturated carbocycles. The monoisotopic (exact) mass is 519 g/mol. The van der Waals surface area contributed by atoms with Gasteiger partial charge in [0.05, 0.1) is 19.6 Å². The number of nitrogens with zero attached hydrogens (tertiary/aromatic N) is 1. The second-order valence-electron chi connectivity index (χ2n) is 10.1. The molecule has 0 bridgehead atoms. The Bertz CT molecular complexity index is 1120. The second kappa shape index (κ2) is 14.3. The van der Waals surface area contributed by atoms with E-state index in [1.807, 2.05) is 0 Å². The van der Waals surface area contributed by atoms with Gasteiger partial charge in [-0.3, -0.25) is 4.48 Å². The van der Waals surface area contributed by atoms with Crippen molar-refractivity contribution in [2.75, 3.05) is 26.4 Å². The van der Waals surface area contributed by atoms with E-state index in [1.165, 1.54) is 21.9 Å². The number of rotatable bonds is 10. The molecule has 0 aromatic heterocycles. The fraction of sp³-hybridized carbons (Fsp3) is 0.229. The van der Waals surface area contributed by atoms with Gasteiger partial charge < -0.3 is 4.74 Å². The van der Waals surface area contributed by atoms with E-state index in [0.29, 0.717) is 12.3 Å². The van der Waals surface area contributed by atoms with Gasteiger partial charge in [0.15, 0.2) is 0 Å². The van der Waals surface area contributed by atoms with E-state index < -0.39 is 6.15 Å². The quantitative estimate of drug-likeness (QED) is 0.0969. The van der Waals surface area contributed by atoms with Gasteiger partial charge in [0.25, 0.3) is 0 Å². The minimum atomic E-state index is -1.22. The highest BCUT2D eigenvalue weighted by Crippen LogP contribution is 2.09. The molecule has 0 N–H and O–H groups in total. The first kappa shape index (κ1) is 29.7. The summed E-state index contributed by atoms with van der Waals surface area (Å²) >= 11 is 0. The molecule has 0 aliphatic heterocycles. The molecule has 0 fully saturated rings. The number of esters is 1. The molecule has 0 spiro atoms. The zero-order chi connectivity index (χ0) is 28.1. The average molecular weight is 520 g/mol. The lowest BCUT2D eigenvalue weighted by Crippen LogP contribution is -2.74. The van der Waals surface area contributed by atoms with Gasteiger partial charge in [0, 0.05) is 5.57 Å². The van der Waals surface area contributed by atoms with E-state index in [4.69, 9.17) is 4.74 Å². The van der Waals surface area contributed by atoms with Crippen molar-refractivity contribution < 1.29 is 14.0 Å².